The van der Waals surface area contributed by atoms with E-state index in [0.29, 0.717) is 17.8 Å². The Hall–Kier alpha value is -5.14. The van der Waals surface area contributed by atoms with E-state index in [-0.39, 0.29) is 53.2 Å². The number of carbonyl (C=O) groups is 4. The number of aromatic amines is 2. The Bertz CT molecular complexity index is 2370. The van der Waals surface area contributed by atoms with Gasteiger partial charge in [0.2, 0.25) is 11.8 Å². The molecule has 4 heterocycles. The number of nitrogens with one attached hydrogen (secondary N) is 4. The van der Waals surface area contributed by atoms with Crippen molar-refractivity contribution in [3.05, 3.63) is 70.4 Å². The molecule has 0 spiro atoms. The number of hydrogen-bond acceptors (Lipinski definition) is 8. The lowest BCUT2D eigenvalue weighted by atomic mass is 9.66. The zero-order valence-corrected chi connectivity index (χ0v) is 41.8. The number of alkyl carbamates (subject to hydrolysis) is 2. The van der Waals surface area contributed by atoms with E-state index in [1.807, 2.05) is 40.1 Å². The molecule has 368 valence electrons. The fourth-order valence-electron chi connectivity index (χ4n) is 13.5. The Kier molecular flexibility index (Phi) is 13.9. The second-order valence-corrected chi connectivity index (χ2v) is 22.2. The maximum Gasteiger partial charge on any atom is 0.407 e. The summed E-state index contributed by atoms with van der Waals surface area (Å²) in [7, 11) is 2.67. The number of allylic oxidation sites excluding steroid dienone is 8. The smallest absolute Gasteiger partial charge is 0.407 e. The van der Waals surface area contributed by atoms with Crippen molar-refractivity contribution < 1.29 is 28.7 Å². The summed E-state index contributed by atoms with van der Waals surface area (Å²) in [6, 6.07) is -1.52. The van der Waals surface area contributed by atoms with Crippen molar-refractivity contribution in [2.45, 2.75) is 181 Å². The Balaban J connectivity index is 0.989. The third kappa shape index (κ3) is 9.21. The highest BCUT2D eigenvalue weighted by Crippen LogP contribution is 2.52. The number of ether oxygens (including phenoxy) is 2. The van der Waals surface area contributed by atoms with Gasteiger partial charge in [-0.2, -0.15) is 0 Å². The number of fused-ring (bicyclic) bond motifs is 2. The van der Waals surface area contributed by atoms with Crippen LogP contribution >= 0.6 is 0 Å². The van der Waals surface area contributed by atoms with Gasteiger partial charge in [0.15, 0.2) is 0 Å². The van der Waals surface area contributed by atoms with Crippen LogP contribution in [0.1, 0.15) is 179 Å². The summed E-state index contributed by atoms with van der Waals surface area (Å²) in [4.78, 5) is 75.9. The molecule has 4 fully saturated rings. The molecular formula is C54H76N8O6. The van der Waals surface area contributed by atoms with E-state index in [0.717, 1.165) is 113 Å². The number of aromatic nitrogens is 4. The van der Waals surface area contributed by atoms with E-state index in [2.05, 4.69) is 62.5 Å². The molecule has 12 rings (SSSR count). The van der Waals surface area contributed by atoms with Crippen LogP contribution in [0.5, 0.6) is 0 Å². The first-order valence-electron chi connectivity index (χ1n) is 26.0. The topological polar surface area (TPSA) is 175 Å². The minimum absolute atomic E-state index is 0.0560. The van der Waals surface area contributed by atoms with Crippen LogP contribution in [0.4, 0.5) is 9.59 Å². The highest BCUT2D eigenvalue weighted by Gasteiger charge is 2.50. The van der Waals surface area contributed by atoms with Crippen LogP contribution in [0, 0.1) is 35.0 Å². The summed E-state index contributed by atoms with van der Waals surface area (Å²) < 4.78 is 9.89. The minimum Gasteiger partial charge on any atom is -0.453 e. The van der Waals surface area contributed by atoms with E-state index in [1.54, 1.807) is 0 Å². The first kappa shape index (κ1) is 47.9. The Morgan fingerprint density at radius 1 is 0.721 bits per heavy atom. The molecule has 10 aliphatic rings. The standard InChI is InChI=1S/C54H76N8O6/c1-30(2)46(59-52(65)67-7)50(63)61-42-15-11-9-13-36(42)25-44(61)48-55-28-40(57-48)38-24-35-20-19-34(38)18-17-33-21-22-54(6,27-32(35)5)39(23-33)41-29-56-49(58-41)45-26-37-14-10-12-16-43(37)62(45)51(64)47(31(3)4)60-53(66)68-8/h21,23-24,28-32,36-37,42-47H,9-20,22,25-27H2,1-8H3,(H,55,57)(H,56,58)(H,59,65)(H,60,66). The van der Waals surface area contributed by atoms with Gasteiger partial charge >= 0.3 is 12.2 Å². The molecule has 10 atom stereocenters. The Morgan fingerprint density at radius 3 is 1.78 bits per heavy atom. The maximum atomic E-state index is 14.5. The molecule has 68 heavy (non-hydrogen) atoms. The zero-order valence-electron chi connectivity index (χ0n) is 41.8. The molecule has 4 N–H and O–H groups in total. The summed E-state index contributed by atoms with van der Waals surface area (Å²) in [5.41, 5.74) is 8.60. The molecule has 14 heteroatoms. The number of rotatable bonds is 10. The highest BCUT2D eigenvalue weighted by atomic mass is 16.5. The van der Waals surface area contributed by atoms with Crippen LogP contribution in [0.2, 0.25) is 0 Å². The van der Waals surface area contributed by atoms with Crippen molar-refractivity contribution in [1.29, 1.82) is 0 Å². The first-order valence-corrected chi connectivity index (χ1v) is 26.0. The molecule has 14 nitrogen and oxygen atoms in total. The van der Waals surface area contributed by atoms with Crippen LogP contribution in [0.25, 0.3) is 11.1 Å². The van der Waals surface area contributed by atoms with Crippen molar-refractivity contribution >= 4 is 35.1 Å². The zero-order chi connectivity index (χ0) is 48.0. The molecule has 8 aliphatic carbocycles. The predicted octanol–water partition coefficient (Wildman–Crippen LogP) is 10.3. The number of likely N-dealkylation sites (tertiary alicyclic amines) is 2. The average Bonchev–Trinajstić information content (AvgIpc) is 4.16. The Labute approximate surface area is 403 Å². The number of H-pyrrole nitrogens is 2. The van der Waals surface area contributed by atoms with Gasteiger partial charge in [-0.15, -0.1) is 0 Å². The molecule has 4 bridgehead atoms. The fraction of sp³-hybridized carbons (Fsp3) is 0.667. The third-order valence-electron chi connectivity index (χ3n) is 17.2. The van der Waals surface area contributed by atoms with Crippen molar-refractivity contribution in [1.82, 2.24) is 40.4 Å². The van der Waals surface area contributed by atoms with Gasteiger partial charge < -0.3 is 39.9 Å². The number of amides is 4. The summed E-state index contributed by atoms with van der Waals surface area (Å²) in [5, 5.41) is 5.70. The average molecular weight is 933 g/mol. The SMILES string of the molecule is COC(=O)NC(C(=O)N1C(c2ncc(C3=CC4=CCC3(C)CC(C)C3=CC(c5cnc(C6CC7CCCCC7N6C(=O)C(NC(=O)OC)C(C)C)[nH]5)=C(CC4)CC3)[nH]2)CC2CCCCC21)C(C)C. The van der Waals surface area contributed by atoms with Crippen LogP contribution < -0.4 is 10.6 Å². The van der Waals surface area contributed by atoms with Gasteiger partial charge in [-0.3, -0.25) is 9.59 Å². The molecule has 2 aromatic heterocycles. The van der Waals surface area contributed by atoms with Gasteiger partial charge in [-0.05, 0) is 123 Å². The summed E-state index contributed by atoms with van der Waals surface area (Å²) in [6.07, 6.45) is 26.3. The van der Waals surface area contributed by atoms with Crippen molar-refractivity contribution in [2.24, 2.45) is 35.0 Å². The number of imidazole rings is 2. The van der Waals surface area contributed by atoms with Crippen molar-refractivity contribution in [2.75, 3.05) is 14.2 Å². The monoisotopic (exact) mass is 933 g/mol. The molecule has 2 aliphatic heterocycles. The molecule has 10 unspecified atom stereocenters. The molecule has 2 saturated heterocycles. The molecule has 2 saturated carbocycles. The fourth-order valence-corrected chi connectivity index (χ4v) is 13.5. The number of carbonyl (C=O) groups excluding carboxylic acids is 4. The number of methoxy groups -OCH3 is 2. The number of nitrogens with zero attached hydrogens (tertiary/aromatic N) is 4. The first-order chi connectivity index (χ1) is 32.7. The molecule has 0 radical (unpaired) electrons. The van der Waals surface area contributed by atoms with E-state index in [9.17, 15) is 19.2 Å². The van der Waals surface area contributed by atoms with Gasteiger partial charge in [0.05, 0.1) is 50.1 Å². The van der Waals surface area contributed by atoms with Crippen molar-refractivity contribution in [3.8, 4) is 0 Å². The Morgan fingerprint density at radius 2 is 1.24 bits per heavy atom. The molecular weight excluding hydrogens is 857 g/mol. The lowest BCUT2D eigenvalue weighted by molar-refractivity contribution is -0.139. The largest absolute Gasteiger partial charge is 0.453 e. The van der Waals surface area contributed by atoms with Crippen LogP contribution in [0.15, 0.2) is 47.3 Å². The molecule has 2 aromatic rings. The summed E-state index contributed by atoms with van der Waals surface area (Å²) >= 11 is 0. The van der Waals surface area contributed by atoms with Crippen LogP contribution in [-0.4, -0.2) is 92.1 Å². The van der Waals surface area contributed by atoms with Gasteiger partial charge in [0.1, 0.15) is 23.7 Å². The second-order valence-electron chi connectivity index (χ2n) is 22.2. The molecule has 4 amide bonds. The van der Waals surface area contributed by atoms with E-state index in [4.69, 9.17) is 19.4 Å². The van der Waals surface area contributed by atoms with E-state index < -0.39 is 24.3 Å². The van der Waals surface area contributed by atoms with E-state index >= 15 is 0 Å². The normalized spacial score (nSPS) is 30.1. The predicted molar refractivity (Wildman–Crippen MR) is 261 cm³/mol. The summed E-state index contributed by atoms with van der Waals surface area (Å²) in [6.45, 7) is 12.7. The second kappa shape index (κ2) is 19.7. The minimum atomic E-state index is -0.689. The maximum absolute atomic E-state index is 14.5. The third-order valence-corrected chi connectivity index (χ3v) is 17.2. The van der Waals surface area contributed by atoms with Gasteiger partial charge in [-0.25, -0.2) is 19.6 Å². The van der Waals surface area contributed by atoms with Gasteiger partial charge in [0, 0.05) is 12.1 Å². The van der Waals surface area contributed by atoms with Crippen molar-refractivity contribution in [3.63, 3.8) is 0 Å². The number of hydrogen-bond donors (Lipinski definition) is 4. The van der Waals surface area contributed by atoms with E-state index in [1.165, 1.54) is 54.9 Å². The van der Waals surface area contributed by atoms with Gasteiger partial charge in [-0.1, -0.05) is 102 Å². The van der Waals surface area contributed by atoms with Gasteiger partial charge in [0.25, 0.3) is 0 Å². The highest BCUT2D eigenvalue weighted by molar-refractivity contribution is 5.88. The van der Waals surface area contributed by atoms with Crippen LogP contribution in [-0.2, 0) is 19.1 Å². The van der Waals surface area contributed by atoms with Crippen LogP contribution in [0.3, 0.4) is 0 Å². The lowest BCUT2D eigenvalue weighted by Gasteiger charge is -2.39. The summed E-state index contributed by atoms with van der Waals surface area (Å²) in [5.74, 6) is 2.44. The molecule has 0 aromatic carbocycles. The lowest BCUT2D eigenvalue weighted by Crippen LogP contribution is -2.53. The quantitative estimate of drug-likeness (QED) is 0.182.